The molecule has 1 aromatic rings. The van der Waals surface area contributed by atoms with Crippen molar-refractivity contribution in [3.05, 3.63) is 48.0 Å². The van der Waals surface area contributed by atoms with Gasteiger partial charge < -0.3 is 14.2 Å². The van der Waals surface area contributed by atoms with Crippen LogP contribution in [0, 0.1) is 5.92 Å². The smallest absolute Gasteiger partial charge is 0.163 e. The maximum Gasteiger partial charge on any atom is 0.163 e. The number of ether oxygens (including phenoxy) is 3. The summed E-state index contributed by atoms with van der Waals surface area (Å²) in [5.41, 5.74) is 1.17. The average molecular weight is 290 g/mol. The number of hydrogen-bond acceptors (Lipinski definition) is 3. The molecule has 0 radical (unpaired) electrons. The maximum atomic E-state index is 6.16. The second-order valence-corrected chi connectivity index (χ2v) is 6.01. The van der Waals surface area contributed by atoms with Crippen LogP contribution >= 0.6 is 0 Å². The molecule has 0 amide bonds. The lowest BCUT2D eigenvalue weighted by atomic mass is 9.99. The van der Waals surface area contributed by atoms with E-state index in [0.717, 1.165) is 0 Å². The van der Waals surface area contributed by atoms with Crippen molar-refractivity contribution in [2.75, 3.05) is 6.61 Å². The molecule has 0 saturated carbocycles. The van der Waals surface area contributed by atoms with Crippen LogP contribution in [0.2, 0.25) is 0 Å². The lowest BCUT2D eigenvalue weighted by Gasteiger charge is -2.28. The van der Waals surface area contributed by atoms with Crippen molar-refractivity contribution in [3.8, 4) is 0 Å². The van der Waals surface area contributed by atoms with Crippen LogP contribution < -0.4 is 0 Å². The highest BCUT2D eigenvalue weighted by Crippen LogP contribution is 2.29. The molecule has 0 unspecified atom stereocenters. The Bertz CT molecular complexity index is 453. The van der Waals surface area contributed by atoms with E-state index >= 15 is 0 Å². The zero-order valence-corrected chi connectivity index (χ0v) is 13.4. The molecule has 0 aliphatic carbocycles. The molecule has 1 fully saturated rings. The van der Waals surface area contributed by atoms with Crippen LogP contribution in [0.25, 0.3) is 0 Å². The van der Waals surface area contributed by atoms with Gasteiger partial charge in [0, 0.05) is 5.92 Å². The minimum Gasteiger partial charge on any atom is -0.370 e. The van der Waals surface area contributed by atoms with Crippen LogP contribution in [0.15, 0.2) is 42.5 Å². The van der Waals surface area contributed by atoms with E-state index in [2.05, 4.69) is 31.2 Å². The van der Waals surface area contributed by atoms with Crippen LogP contribution in [0.4, 0.5) is 0 Å². The van der Waals surface area contributed by atoms with Gasteiger partial charge in [0.2, 0.25) is 0 Å². The monoisotopic (exact) mass is 290 g/mol. The normalized spacial score (nSPS) is 24.3. The Morgan fingerprint density at radius 3 is 2.62 bits per heavy atom. The van der Waals surface area contributed by atoms with E-state index in [4.69, 9.17) is 14.2 Å². The maximum absolute atomic E-state index is 6.16. The Morgan fingerprint density at radius 2 is 2.05 bits per heavy atom. The van der Waals surface area contributed by atoms with E-state index in [0.29, 0.717) is 13.2 Å². The first-order valence-electron chi connectivity index (χ1n) is 7.62. The van der Waals surface area contributed by atoms with Gasteiger partial charge in [-0.25, -0.2) is 0 Å². The minimum atomic E-state index is -0.519. The highest BCUT2D eigenvalue weighted by Gasteiger charge is 2.39. The van der Waals surface area contributed by atoms with Gasteiger partial charge in [-0.1, -0.05) is 49.4 Å². The Labute approximate surface area is 127 Å². The quantitative estimate of drug-likeness (QED) is 0.743. The summed E-state index contributed by atoms with van der Waals surface area (Å²) in [4.78, 5) is 0. The first kappa shape index (κ1) is 16.2. The van der Waals surface area contributed by atoms with Crippen molar-refractivity contribution in [1.82, 2.24) is 0 Å². The van der Waals surface area contributed by atoms with Crippen molar-refractivity contribution < 1.29 is 14.2 Å². The topological polar surface area (TPSA) is 27.7 Å². The SMILES string of the molecule is C/C=C/[C@@H](C)[C@@H](OCc1ccccc1)[C@H]1COC(C)(C)O1. The van der Waals surface area contributed by atoms with Crippen LogP contribution in [0.3, 0.4) is 0 Å². The predicted molar refractivity (Wildman–Crippen MR) is 83.9 cm³/mol. The molecule has 1 saturated heterocycles. The third kappa shape index (κ3) is 4.67. The van der Waals surface area contributed by atoms with Crippen molar-refractivity contribution in [2.45, 2.75) is 52.3 Å². The molecule has 1 heterocycles. The summed E-state index contributed by atoms with van der Waals surface area (Å²) in [5, 5.41) is 0. The van der Waals surface area contributed by atoms with Gasteiger partial charge in [0.15, 0.2) is 5.79 Å². The summed E-state index contributed by atoms with van der Waals surface area (Å²) in [7, 11) is 0. The fourth-order valence-electron chi connectivity index (χ4n) is 2.65. The number of benzene rings is 1. The Hall–Kier alpha value is -1.16. The highest BCUT2D eigenvalue weighted by molar-refractivity contribution is 5.13. The molecule has 3 nitrogen and oxygen atoms in total. The lowest BCUT2D eigenvalue weighted by Crippen LogP contribution is -2.37. The third-order valence-corrected chi connectivity index (χ3v) is 3.70. The molecule has 1 aliphatic heterocycles. The molecule has 21 heavy (non-hydrogen) atoms. The molecule has 1 aromatic carbocycles. The predicted octanol–water partition coefficient (Wildman–Crippen LogP) is 3.94. The summed E-state index contributed by atoms with van der Waals surface area (Å²) >= 11 is 0. The summed E-state index contributed by atoms with van der Waals surface area (Å²) in [6, 6.07) is 10.2. The van der Waals surface area contributed by atoms with Crippen molar-refractivity contribution in [2.24, 2.45) is 5.92 Å². The van der Waals surface area contributed by atoms with Gasteiger partial charge in [0.25, 0.3) is 0 Å². The second-order valence-electron chi connectivity index (χ2n) is 6.01. The molecule has 0 N–H and O–H groups in total. The van der Waals surface area contributed by atoms with Crippen molar-refractivity contribution in [1.29, 1.82) is 0 Å². The summed E-state index contributed by atoms with van der Waals surface area (Å²) < 4.78 is 17.8. The molecular weight excluding hydrogens is 264 g/mol. The zero-order chi connectivity index (χ0) is 15.3. The fourth-order valence-corrected chi connectivity index (χ4v) is 2.65. The van der Waals surface area contributed by atoms with Crippen molar-refractivity contribution >= 4 is 0 Å². The third-order valence-electron chi connectivity index (χ3n) is 3.70. The largest absolute Gasteiger partial charge is 0.370 e. The Kier molecular flexibility index (Phi) is 5.57. The molecule has 2 rings (SSSR count). The van der Waals surface area contributed by atoms with E-state index in [1.807, 2.05) is 39.0 Å². The van der Waals surface area contributed by atoms with Crippen LogP contribution in [0.5, 0.6) is 0 Å². The highest BCUT2D eigenvalue weighted by atomic mass is 16.7. The molecular formula is C18H26O3. The van der Waals surface area contributed by atoms with Gasteiger partial charge in [-0.3, -0.25) is 0 Å². The Balaban J connectivity index is 2.02. The van der Waals surface area contributed by atoms with E-state index in [1.54, 1.807) is 0 Å². The molecule has 0 aromatic heterocycles. The van der Waals surface area contributed by atoms with Gasteiger partial charge in [-0.15, -0.1) is 0 Å². The molecule has 0 spiro atoms. The Morgan fingerprint density at radius 1 is 1.33 bits per heavy atom. The fraction of sp³-hybridized carbons (Fsp3) is 0.556. The zero-order valence-electron chi connectivity index (χ0n) is 13.4. The first-order chi connectivity index (χ1) is 10.0. The molecule has 1 aliphatic rings. The number of hydrogen-bond donors (Lipinski definition) is 0. The summed E-state index contributed by atoms with van der Waals surface area (Å²) in [6.07, 6.45) is 4.17. The molecule has 116 valence electrons. The van der Waals surface area contributed by atoms with Gasteiger partial charge in [0.1, 0.15) is 6.10 Å². The van der Waals surface area contributed by atoms with E-state index in [9.17, 15) is 0 Å². The van der Waals surface area contributed by atoms with E-state index < -0.39 is 5.79 Å². The number of rotatable bonds is 6. The minimum absolute atomic E-state index is 0.0109. The molecule has 3 heteroatoms. The standard InChI is InChI=1S/C18H26O3/c1-5-9-14(2)17(16-13-20-18(3,4)21-16)19-12-15-10-7-6-8-11-15/h5-11,14,16-17H,12-13H2,1-4H3/b9-5+/t14-,16-,17-/m1/s1. The summed E-state index contributed by atoms with van der Waals surface area (Å²) in [6.45, 7) is 9.25. The van der Waals surface area contributed by atoms with Gasteiger partial charge in [-0.05, 0) is 26.3 Å². The van der Waals surface area contributed by atoms with Gasteiger partial charge in [0.05, 0.1) is 19.3 Å². The van der Waals surface area contributed by atoms with Gasteiger partial charge in [-0.2, -0.15) is 0 Å². The van der Waals surface area contributed by atoms with E-state index in [1.165, 1.54) is 5.56 Å². The molecule has 0 bridgehead atoms. The van der Waals surface area contributed by atoms with Crippen LogP contribution in [0.1, 0.15) is 33.3 Å². The van der Waals surface area contributed by atoms with Gasteiger partial charge >= 0.3 is 0 Å². The van der Waals surface area contributed by atoms with Crippen LogP contribution in [-0.4, -0.2) is 24.6 Å². The van der Waals surface area contributed by atoms with Crippen LogP contribution in [-0.2, 0) is 20.8 Å². The van der Waals surface area contributed by atoms with Crippen molar-refractivity contribution in [3.63, 3.8) is 0 Å². The molecule has 3 atom stereocenters. The number of allylic oxidation sites excluding steroid dienone is 1. The average Bonchev–Trinajstić information content (AvgIpc) is 2.81. The van der Waals surface area contributed by atoms with E-state index in [-0.39, 0.29) is 18.1 Å². The summed E-state index contributed by atoms with van der Waals surface area (Å²) in [5.74, 6) is -0.240. The second kappa shape index (κ2) is 7.21. The lowest BCUT2D eigenvalue weighted by molar-refractivity contribution is -0.161. The first-order valence-corrected chi connectivity index (χ1v) is 7.62.